The maximum Gasteiger partial charge on any atom is 0.309 e. The highest BCUT2D eigenvalue weighted by atomic mass is 16.4. The molecular formula is C12H19N3O2. The number of hydrogen-bond donors (Lipinski definition) is 2. The summed E-state index contributed by atoms with van der Waals surface area (Å²) in [6.45, 7) is 0.650. The van der Waals surface area contributed by atoms with Gasteiger partial charge in [0, 0.05) is 11.9 Å². The molecule has 1 saturated carbocycles. The summed E-state index contributed by atoms with van der Waals surface area (Å²) in [6, 6.07) is 2.06. The predicted octanol–water partition coefficient (Wildman–Crippen LogP) is 1.20. The minimum absolute atomic E-state index is 0.0355. The van der Waals surface area contributed by atoms with Crippen molar-refractivity contribution in [3.8, 4) is 0 Å². The number of nitrogens with zero attached hydrogens (tertiary/aromatic N) is 2. The largest absolute Gasteiger partial charge is 0.481 e. The first kappa shape index (κ1) is 12.1. The molecule has 0 aromatic carbocycles. The lowest BCUT2D eigenvalue weighted by Crippen LogP contribution is -2.31. The molecule has 1 aromatic rings. The Hall–Kier alpha value is -1.36. The lowest BCUT2D eigenvalue weighted by atomic mass is 9.84. The van der Waals surface area contributed by atoms with E-state index < -0.39 is 5.97 Å². The number of aromatic nitrogens is 2. The van der Waals surface area contributed by atoms with Crippen molar-refractivity contribution in [2.75, 3.05) is 6.54 Å². The molecule has 3 N–H and O–H groups in total. The number of aliphatic carboxylic acids is 1. The van der Waals surface area contributed by atoms with Crippen molar-refractivity contribution in [1.29, 1.82) is 0 Å². The molecular weight excluding hydrogens is 218 g/mol. The fourth-order valence-electron chi connectivity index (χ4n) is 2.72. The van der Waals surface area contributed by atoms with Gasteiger partial charge in [0.25, 0.3) is 0 Å². The van der Waals surface area contributed by atoms with Crippen molar-refractivity contribution in [3.05, 3.63) is 18.0 Å². The monoisotopic (exact) mass is 237 g/mol. The van der Waals surface area contributed by atoms with Gasteiger partial charge in [-0.15, -0.1) is 0 Å². The first-order chi connectivity index (χ1) is 8.22. The summed E-state index contributed by atoms with van der Waals surface area (Å²) in [5, 5.41) is 13.2. The molecule has 94 valence electrons. The maximum absolute atomic E-state index is 10.8. The highest BCUT2D eigenvalue weighted by Gasteiger charge is 2.27. The zero-order chi connectivity index (χ0) is 12.3. The van der Waals surface area contributed by atoms with Gasteiger partial charge in [-0.1, -0.05) is 12.8 Å². The van der Waals surface area contributed by atoms with Gasteiger partial charge < -0.3 is 10.8 Å². The highest BCUT2D eigenvalue weighted by Crippen LogP contribution is 2.33. The van der Waals surface area contributed by atoms with Gasteiger partial charge in [0.1, 0.15) is 0 Å². The maximum atomic E-state index is 10.8. The van der Waals surface area contributed by atoms with Crippen LogP contribution in [0.5, 0.6) is 0 Å². The topological polar surface area (TPSA) is 81.1 Å². The molecule has 0 aliphatic heterocycles. The van der Waals surface area contributed by atoms with E-state index in [1.54, 1.807) is 12.3 Å². The Balaban J connectivity index is 2.19. The van der Waals surface area contributed by atoms with Crippen LogP contribution in [0.1, 0.15) is 37.4 Å². The molecule has 0 amide bonds. The first-order valence-electron chi connectivity index (χ1n) is 6.16. The SMILES string of the molecule is NCC1CCCCC1n1nccc1CC(=O)O. The molecule has 0 radical (unpaired) electrons. The van der Waals surface area contributed by atoms with Crippen LogP contribution in [0, 0.1) is 5.92 Å². The molecule has 1 aliphatic carbocycles. The number of carboxylic acid groups (broad SMARTS) is 1. The van der Waals surface area contributed by atoms with E-state index in [0.29, 0.717) is 12.5 Å². The van der Waals surface area contributed by atoms with E-state index in [0.717, 1.165) is 18.5 Å². The van der Waals surface area contributed by atoms with Crippen LogP contribution in [0.4, 0.5) is 0 Å². The Morgan fingerprint density at radius 1 is 1.53 bits per heavy atom. The van der Waals surface area contributed by atoms with Crippen LogP contribution in [0.3, 0.4) is 0 Å². The van der Waals surface area contributed by atoms with Crippen LogP contribution in [-0.2, 0) is 11.2 Å². The third-order valence-corrected chi connectivity index (χ3v) is 3.57. The Bertz CT molecular complexity index is 389. The van der Waals surface area contributed by atoms with E-state index in [-0.39, 0.29) is 12.5 Å². The van der Waals surface area contributed by atoms with Crippen LogP contribution >= 0.6 is 0 Å². The molecule has 17 heavy (non-hydrogen) atoms. The fraction of sp³-hybridized carbons (Fsp3) is 0.667. The molecule has 2 rings (SSSR count). The third-order valence-electron chi connectivity index (χ3n) is 3.57. The molecule has 0 bridgehead atoms. The average molecular weight is 237 g/mol. The second-order valence-electron chi connectivity index (χ2n) is 4.69. The van der Waals surface area contributed by atoms with E-state index in [1.807, 2.05) is 4.68 Å². The number of carbonyl (C=O) groups is 1. The van der Waals surface area contributed by atoms with Gasteiger partial charge in [0.15, 0.2) is 0 Å². The van der Waals surface area contributed by atoms with Gasteiger partial charge in [0.2, 0.25) is 0 Å². The zero-order valence-electron chi connectivity index (χ0n) is 9.88. The molecule has 0 saturated heterocycles. The molecule has 0 spiro atoms. The van der Waals surface area contributed by atoms with Crippen molar-refractivity contribution in [3.63, 3.8) is 0 Å². The fourth-order valence-corrected chi connectivity index (χ4v) is 2.72. The zero-order valence-corrected chi connectivity index (χ0v) is 9.88. The van der Waals surface area contributed by atoms with Gasteiger partial charge >= 0.3 is 5.97 Å². The van der Waals surface area contributed by atoms with Gasteiger partial charge in [-0.25, -0.2) is 0 Å². The standard InChI is InChI=1S/C12H19N3O2/c13-8-9-3-1-2-4-11(9)15-10(5-6-14-15)7-12(16)17/h5-6,9,11H,1-4,7-8,13H2,(H,16,17). The quantitative estimate of drug-likeness (QED) is 0.824. The third kappa shape index (κ3) is 2.66. The summed E-state index contributed by atoms with van der Waals surface area (Å²) < 4.78 is 1.88. The van der Waals surface area contributed by atoms with E-state index in [9.17, 15) is 4.79 Å². The van der Waals surface area contributed by atoms with Gasteiger partial charge in [-0.05, 0) is 31.4 Å². The molecule has 2 unspecified atom stereocenters. The summed E-state index contributed by atoms with van der Waals surface area (Å²) in [6.07, 6.45) is 6.28. The molecule has 5 nitrogen and oxygen atoms in total. The average Bonchev–Trinajstić information content (AvgIpc) is 2.76. The Morgan fingerprint density at radius 2 is 2.29 bits per heavy atom. The van der Waals surface area contributed by atoms with E-state index in [2.05, 4.69) is 5.10 Å². The molecule has 1 heterocycles. The van der Waals surface area contributed by atoms with Crippen molar-refractivity contribution in [1.82, 2.24) is 9.78 Å². The number of hydrogen-bond acceptors (Lipinski definition) is 3. The summed E-state index contributed by atoms with van der Waals surface area (Å²) >= 11 is 0. The van der Waals surface area contributed by atoms with Crippen molar-refractivity contribution in [2.45, 2.75) is 38.1 Å². The predicted molar refractivity (Wildman–Crippen MR) is 63.6 cm³/mol. The Morgan fingerprint density at radius 3 is 3.00 bits per heavy atom. The van der Waals surface area contributed by atoms with Crippen molar-refractivity contribution in [2.24, 2.45) is 11.7 Å². The number of carboxylic acids is 1. The van der Waals surface area contributed by atoms with Gasteiger partial charge in [0.05, 0.1) is 12.5 Å². The van der Waals surface area contributed by atoms with Crippen LogP contribution in [0.2, 0.25) is 0 Å². The summed E-state index contributed by atoms with van der Waals surface area (Å²) in [7, 11) is 0. The molecule has 1 aliphatic rings. The lowest BCUT2D eigenvalue weighted by molar-refractivity contribution is -0.136. The highest BCUT2D eigenvalue weighted by molar-refractivity contribution is 5.69. The minimum atomic E-state index is -0.813. The second kappa shape index (κ2) is 5.31. The minimum Gasteiger partial charge on any atom is -0.481 e. The molecule has 1 fully saturated rings. The van der Waals surface area contributed by atoms with Gasteiger partial charge in [-0.3, -0.25) is 9.48 Å². The van der Waals surface area contributed by atoms with Crippen LogP contribution in [0.15, 0.2) is 12.3 Å². The van der Waals surface area contributed by atoms with Crippen molar-refractivity contribution >= 4 is 5.97 Å². The Labute approximate surface area is 101 Å². The van der Waals surface area contributed by atoms with Gasteiger partial charge in [-0.2, -0.15) is 5.10 Å². The molecule has 5 heteroatoms. The summed E-state index contributed by atoms with van der Waals surface area (Å²) in [5.41, 5.74) is 6.57. The van der Waals surface area contributed by atoms with E-state index in [4.69, 9.17) is 10.8 Å². The normalized spacial score (nSPS) is 24.8. The molecule has 1 aromatic heterocycles. The first-order valence-corrected chi connectivity index (χ1v) is 6.16. The summed E-state index contributed by atoms with van der Waals surface area (Å²) in [4.78, 5) is 10.8. The van der Waals surface area contributed by atoms with Crippen molar-refractivity contribution < 1.29 is 9.90 Å². The molecule has 2 atom stereocenters. The van der Waals surface area contributed by atoms with Crippen LogP contribution in [0.25, 0.3) is 0 Å². The Kier molecular flexibility index (Phi) is 3.78. The van der Waals surface area contributed by atoms with E-state index in [1.165, 1.54) is 12.8 Å². The lowest BCUT2D eigenvalue weighted by Gasteiger charge is -2.31. The number of nitrogens with two attached hydrogens (primary N) is 1. The van der Waals surface area contributed by atoms with Crippen LogP contribution in [-0.4, -0.2) is 27.4 Å². The second-order valence-corrected chi connectivity index (χ2v) is 4.69. The van der Waals surface area contributed by atoms with E-state index >= 15 is 0 Å². The summed E-state index contributed by atoms with van der Waals surface area (Å²) in [5.74, 6) is -0.386. The van der Waals surface area contributed by atoms with Crippen LogP contribution < -0.4 is 5.73 Å². The smallest absolute Gasteiger partial charge is 0.309 e. The number of rotatable bonds is 4.